The number of esters is 1. The largest absolute Gasteiger partial charge is 0.497 e. The van der Waals surface area contributed by atoms with E-state index in [-0.39, 0.29) is 29.7 Å². The number of amides is 2. The number of rotatable bonds is 5. The lowest BCUT2D eigenvalue weighted by molar-refractivity contribution is -0.122. The highest BCUT2D eigenvalue weighted by molar-refractivity contribution is 6.05. The Morgan fingerprint density at radius 3 is 2.62 bits per heavy atom. The first kappa shape index (κ1) is 20.2. The highest BCUT2D eigenvalue weighted by Crippen LogP contribution is 2.31. The minimum absolute atomic E-state index is 0.140. The van der Waals surface area contributed by atoms with Crippen LogP contribution < -0.4 is 19.7 Å². The Morgan fingerprint density at radius 1 is 1.14 bits per heavy atom. The SMILES string of the molecule is COc1ccc(C(=O)OCC(=O)N2c3ccccc3NC(=O)CC2C)c(OC)c1. The van der Waals surface area contributed by atoms with Gasteiger partial charge in [-0.05, 0) is 31.2 Å². The molecular weight excluding hydrogens is 376 g/mol. The van der Waals surface area contributed by atoms with Crippen LogP contribution in [-0.2, 0) is 14.3 Å². The van der Waals surface area contributed by atoms with Gasteiger partial charge in [0.2, 0.25) is 5.91 Å². The van der Waals surface area contributed by atoms with Gasteiger partial charge in [-0.2, -0.15) is 0 Å². The van der Waals surface area contributed by atoms with Crippen LogP contribution in [0.3, 0.4) is 0 Å². The van der Waals surface area contributed by atoms with Crippen molar-refractivity contribution in [3.05, 3.63) is 48.0 Å². The van der Waals surface area contributed by atoms with Crippen molar-refractivity contribution in [3.8, 4) is 11.5 Å². The minimum atomic E-state index is -0.692. The number of nitrogens with zero attached hydrogens (tertiary/aromatic N) is 1. The second kappa shape index (κ2) is 8.64. The second-order valence-corrected chi connectivity index (χ2v) is 6.52. The van der Waals surface area contributed by atoms with Gasteiger partial charge in [-0.1, -0.05) is 12.1 Å². The highest BCUT2D eigenvalue weighted by Gasteiger charge is 2.30. The molecule has 1 aliphatic heterocycles. The van der Waals surface area contributed by atoms with E-state index >= 15 is 0 Å². The molecule has 2 amide bonds. The number of benzene rings is 2. The van der Waals surface area contributed by atoms with Gasteiger partial charge in [0.25, 0.3) is 5.91 Å². The number of nitrogens with one attached hydrogen (secondary N) is 1. The lowest BCUT2D eigenvalue weighted by Gasteiger charge is -2.27. The van der Waals surface area contributed by atoms with E-state index in [1.54, 1.807) is 43.3 Å². The van der Waals surface area contributed by atoms with Crippen molar-refractivity contribution in [2.75, 3.05) is 31.0 Å². The van der Waals surface area contributed by atoms with Crippen molar-refractivity contribution in [1.82, 2.24) is 0 Å². The van der Waals surface area contributed by atoms with Crippen LogP contribution in [0.4, 0.5) is 11.4 Å². The zero-order valence-electron chi connectivity index (χ0n) is 16.4. The molecule has 0 fully saturated rings. The second-order valence-electron chi connectivity index (χ2n) is 6.52. The van der Waals surface area contributed by atoms with Gasteiger partial charge in [0.05, 0.1) is 25.6 Å². The Hall–Kier alpha value is -3.55. The molecule has 0 saturated heterocycles. The number of para-hydroxylation sites is 2. The fourth-order valence-corrected chi connectivity index (χ4v) is 3.21. The van der Waals surface area contributed by atoms with E-state index in [1.807, 2.05) is 0 Å². The van der Waals surface area contributed by atoms with Crippen molar-refractivity contribution in [2.24, 2.45) is 0 Å². The Morgan fingerprint density at radius 2 is 1.90 bits per heavy atom. The van der Waals surface area contributed by atoms with E-state index in [2.05, 4.69) is 5.32 Å². The van der Waals surface area contributed by atoms with Gasteiger partial charge >= 0.3 is 5.97 Å². The molecule has 0 bridgehead atoms. The molecule has 1 heterocycles. The Balaban J connectivity index is 1.77. The first-order valence-electron chi connectivity index (χ1n) is 9.04. The highest BCUT2D eigenvalue weighted by atomic mass is 16.5. The van der Waals surface area contributed by atoms with Crippen LogP contribution >= 0.6 is 0 Å². The predicted octanol–water partition coefficient (Wildman–Crippen LogP) is 2.62. The molecular formula is C21H22N2O6. The van der Waals surface area contributed by atoms with Crippen LogP contribution in [-0.4, -0.2) is 44.7 Å². The zero-order chi connectivity index (χ0) is 21.0. The first-order chi connectivity index (χ1) is 13.9. The molecule has 0 radical (unpaired) electrons. The predicted molar refractivity (Wildman–Crippen MR) is 106 cm³/mol. The van der Waals surface area contributed by atoms with E-state index in [0.717, 1.165) is 0 Å². The number of fused-ring (bicyclic) bond motifs is 1. The molecule has 29 heavy (non-hydrogen) atoms. The smallest absolute Gasteiger partial charge is 0.342 e. The fourth-order valence-electron chi connectivity index (χ4n) is 3.21. The van der Waals surface area contributed by atoms with Gasteiger partial charge in [0, 0.05) is 18.5 Å². The fraction of sp³-hybridized carbons (Fsp3) is 0.286. The molecule has 0 aromatic heterocycles. The number of ether oxygens (including phenoxy) is 3. The van der Waals surface area contributed by atoms with Crippen molar-refractivity contribution >= 4 is 29.2 Å². The zero-order valence-corrected chi connectivity index (χ0v) is 16.4. The molecule has 152 valence electrons. The van der Waals surface area contributed by atoms with Crippen molar-refractivity contribution in [2.45, 2.75) is 19.4 Å². The minimum Gasteiger partial charge on any atom is -0.497 e. The van der Waals surface area contributed by atoms with Crippen LogP contribution in [0.15, 0.2) is 42.5 Å². The van der Waals surface area contributed by atoms with Crippen LogP contribution in [0, 0.1) is 0 Å². The van der Waals surface area contributed by atoms with Gasteiger partial charge in [-0.25, -0.2) is 4.79 Å². The summed E-state index contributed by atoms with van der Waals surface area (Å²) in [5.41, 5.74) is 1.29. The van der Waals surface area contributed by atoms with Crippen molar-refractivity contribution in [3.63, 3.8) is 0 Å². The molecule has 1 atom stereocenters. The third-order valence-electron chi connectivity index (χ3n) is 4.58. The molecule has 0 spiro atoms. The van der Waals surface area contributed by atoms with Crippen molar-refractivity contribution in [1.29, 1.82) is 0 Å². The lowest BCUT2D eigenvalue weighted by atomic mass is 10.1. The van der Waals surface area contributed by atoms with Gasteiger partial charge in [0.15, 0.2) is 6.61 Å². The molecule has 1 unspecified atom stereocenters. The number of methoxy groups -OCH3 is 2. The third kappa shape index (κ3) is 4.31. The molecule has 8 nitrogen and oxygen atoms in total. The van der Waals surface area contributed by atoms with E-state index in [4.69, 9.17) is 14.2 Å². The summed E-state index contributed by atoms with van der Waals surface area (Å²) in [6, 6.07) is 11.3. The van der Waals surface area contributed by atoms with E-state index < -0.39 is 18.5 Å². The number of hydrogen-bond acceptors (Lipinski definition) is 6. The first-order valence-corrected chi connectivity index (χ1v) is 9.04. The molecule has 3 rings (SSSR count). The van der Waals surface area contributed by atoms with Gasteiger partial charge in [-0.15, -0.1) is 0 Å². The van der Waals surface area contributed by atoms with Crippen LogP contribution in [0.25, 0.3) is 0 Å². The monoisotopic (exact) mass is 398 g/mol. The summed E-state index contributed by atoms with van der Waals surface area (Å²) in [6.45, 7) is 1.30. The van der Waals surface area contributed by atoms with Gasteiger partial charge in [-0.3, -0.25) is 9.59 Å². The average Bonchev–Trinajstić information content (AvgIpc) is 2.85. The summed E-state index contributed by atoms with van der Waals surface area (Å²) in [7, 11) is 2.93. The molecule has 2 aromatic carbocycles. The summed E-state index contributed by atoms with van der Waals surface area (Å²) in [4.78, 5) is 38.9. The molecule has 1 aliphatic rings. The van der Waals surface area contributed by atoms with E-state index in [1.165, 1.54) is 25.2 Å². The van der Waals surface area contributed by atoms with E-state index in [0.29, 0.717) is 17.1 Å². The lowest BCUT2D eigenvalue weighted by Crippen LogP contribution is -2.41. The Bertz CT molecular complexity index is 943. The normalized spacial score (nSPS) is 15.6. The molecule has 8 heteroatoms. The Labute approximate surface area is 168 Å². The molecule has 2 aromatic rings. The Kier molecular flexibility index (Phi) is 6.01. The summed E-state index contributed by atoms with van der Waals surface area (Å²) in [6.07, 6.45) is 0.140. The van der Waals surface area contributed by atoms with Gasteiger partial charge < -0.3 is 24.4 Å². The third-order valence-corrected chi connectivity index (χ3v) is 4.58. The number of carbonyl (C=O) groups excluding carboxylic acids is 3. The summed E-state index contributed by atoms with van der Waals surface area (Å²) < 4.78 is 15.5. The quantitative estimate of drug-likeness (QED) is 0.778. The summed E-state index contributed by atoms with van der Waals surface area (Å²) in [5.74, 6) is -0.489. The number of hydrogen-bond donors (Lipinski definition) is 1. The van der Waals surface area contributed by atoms with Crippen LogP contribution in [0.1, 0.15) is 23.7 Å². The number of anilines is 2. The van der Waals surface area contributed by atoms with Crippen molar-refractivity contribution < 1.29 is 28.6 Å². The maximum absolute atomic E-state index is 12.9. The standard InChI is InChI=1S/C21H22N2O6/c1-13-10-19(24)22-16-6-4-5-7-17(16)23(13)20(25)12-29-21(26)15-9-8-14(27-2)11-18(15)28-3/h4-9,11,13H,10,12H2,1-3H3,(H,22,24). The summed E-state index contributed by atoms with van der Waals surface area (Å²) >= 11 is 0. The number of carbonyl (C=O) groups is 3. The van der Waals surface area contributed by atoms with Crippen LogP contribution in [0.5, 0.6) is 11.5 Å². The molecule has 0 aliphatic carbocycles. The van der Waals surface area contributed by atoms with Crippen LogP contribution in [0.2, 0.25) is 0 Å². The average molecular weight is 398 g/mol. The molecule has 0 saturated carbocycles. The topological polar surface area (TPSA) is 94.2 Å². The molecule has 1 N–H and O–H groups in total. The maximum atomic E-state index is 12.9. The van der Waals surface area contributed by atoms with Gasteiger partial charge in [0.1, 0.15) is 17.1 Å². The van der Waals surface area contributed by atoms with E-state index in [9.17, 15) is 14.4 Å². The maximum Gasteiger partial charge on any atom is 0.342 e. The summed E-state index contributed by atoms with van der Waals surface area (Å²) in [5, 5.41) is 2.79.